The molecule has 0 spiro atoms. The number of carbonyl (C=O) groups is 2. The third-order valence-corrected chi connectivity index (χ3v) is 3.57. The maximum Gasteiger partial charge on any atom is 0.290 e. The van der Waals surface area contributed by atoms with Gasteiger partial charge in [0.1, 0.15) is 0 Å². The molecule has 1 N–H and O–H groups in total. The normalized spacial score (nSPS) is 10.2. The minimum Gasteiger partial charge on any atom is -0.321 e. The molecular formula is C20H17N2O2+. The molecule has 0 fully saturated rings. The van der Waals surface area contributed by atoms with Gasteiger partial charge in [0.05, 0.1) is 0 Å². The lowest BCUT2D eigenvalue weighted by Crippen LogP contribution is -2.39. The van der Waals surface area contributed by atoms with E-state index in [9.17, 15) is 9.59 Å². The van der Waals surface area contributed by atoms with Crippen LogP contribution in [0.25, 0.3) is 0 Å². The summed E-state index contributed by atoms with van der Waals surface area (Å²) in [6.07, 6.45) is 3.47. The Morgan fingerprint density at radius 1 is 0.750 bits per heavy atom. The number of hydrogen-bond donors (Lipinski definition) is 1. The smallest absolute Gasteiger partial charge is 0.290 e. The van der Waals surface area contributed by atoms with E-state index in [1.54, 1.807) is 41.2 Å². The van der Waals surface area contributed by atoms with Gasteiger partial charge in [-0.3, -0.25) is 9.59 Å². The van der Waals surface area contributed by atoms with E-state index in [0.29, 0.717) is 11.1 Å². The molecule has 2 aromatic carbocycles. The highest BCUT2D eigenvalue weighted by atomic mass is 16.2. The molecule has 0 aliphatic rings. The highest BCUT2D eigenvalue weighted by molar-refractivity contribution is 6.08. The summed E-state index contributed by atoms with van der Waals surface area (Å²) in [7, 11) is 0. The van der Waals surface area contributed by atoms with Crippen LogP contribution in [0.2, 0.25) is 0 Å². The number of anilines is 1. The van der Waals surface area contributed by atoms with Gasteiger partial charge in [-0.05, 0) is 12.1 Å². The molecule has 0 saturated heterocycles. The average molecular weight is 317 g/mol. The van der Waals surface area contributed by atoms with Gasteiger partial charge >= 0.3 is 0 Å². The van der Waals surface area contributed by atoms with Crippen LogP contribution in [0.4, 0.5) is 5.69 Å². The number of carbonyl (C=O) groups excluding carboxylic acids is 2. The molecule has 4 nitrogen and oxygen atoms in total. The summed E-state index contributed by atoms with van der Waals surface area (Å²) in [6, 6.07) is 21.9. The molecular weight excluding hydrogens is 300 g/mol. The number of nitrogens with zero attached hydrogens (tertiary/aromatic N) is 1. The second-order valence-corrected chi connectivity index (χ2v) is 5.37. The van der Waals surface area contributed by atoms with Gasteiger partial charge in [-0.1, -0.05) is 48.5 Å². The SMILES string of the molecule is O=C(C[n+]1ccc(C(=O)c2ccccc2)cc1)Nc1ccccc1. The fourth-order valence-electron chi connectivity index (χ4n) is 2.36. The van der Waals surface area contributed by atoms with E-state index in [2.05, 4.69) is 5.32 Å². The molecule has 1 amide bonds. The first-order valence-corrected chi connectivity index (χ1v) is 7.66. The van der Waals surface area contributed by atoms with Crippen LogP contribution in [0.1, 0.15) is 15.9 Å². The number of benzene rings is 2. The van der Waals surface area contributed by atoms with Crippen molar-refractivity contribution in [3.05, 3.63) is 96.3 Å². The van der Waals surface area contributed by atoms with Gasteiger partial charge in [-0.15, -0.1) is 0 Å². The van der Waals surface area contributed by atoms with E-state index >= 15 is 0 Å². The number of pyridine rings is 1. The number of hydrogen-bond acceptors (Lipinski definition) is 2. The Bertz CT molecular complexity index is 829. The van der Waals surface area contributed by atoms with E-state index in [0.717, 1.165) is 5.69 Å². The van der Waals surface area contributed by atoms with Crippen molar-refractivity contribution in [1.29, 1.82) is 0 Å². The van der Waals surface area contributed by atoms with Crippen molar-refractivity contribution < 1.29 is 14.2 Å². The highest BCUT2D eigenvalue weighted by Crippen LogP contribution is 2.08. The van der Waals surface area contributed by atoms with Crippen molar-refractivity contribution in [2.45, 2.75) is 6.54 Å². The number of aromatic nitrogens is 1. The zero-order valence-electron chi connectivity index (χ0n) is 13.1. The molecule has 0 aliphatic heterocycles. The summed E-state index contributed by atoms with van der Waals surface area (Å²) >= 11 is 0. The molecule has 0 atom stereocenters. The third kappa shape index (κ3) is 3.93. The van der Waals surface area contributed by atoms with Crippen molar-refractivity contribution in [1.82, 2.24) is 0 Å². The maximum absolute atomic E-state index is 12.3. The van der Waals surface area contributed by atoms with Crippen LogP contribution in [0.5, 0.6) is 0 Å². The van der Waals surface area contributed by atoms with Gasteiger partial charge in [0, 0.05) is 28.9 Å². The molecule has 3 rings (SSSR count). The number of ketones is 1. The van der Waals surface area contributed by atoms with Crippen LogP contribution in [0.3, 0.4) is 0 Å². The summed E-state index contributed by atoms with van der Waals surface area (Å²) in [4.78, 5) is 24.4. The van der Waals surface area contributed by atoms with Gasteiger partial charge in [0.2, 0.25) is 6.54 Å². The maximum atomic E-state index is 12.3. The van der Waals surface area contributed by atoms with Gasteiger partial charge in [-0.2, -0.15) is 4.57 Å². The fraction of sp³-hybridized carbons (Fsp3) is 0.0500. The van der Waals surface area contributed by atoms with Crippen LogP contribution >= 0.6 is 0 Å². The van der Waals surface area contributed by atoms with E-state index in [-0.39, 0.29) is 18.2 Å². The third-order valence-electron chi connectivity index (χ3n) is 3.57. The lowest BCUT2D eigenvalue weighted by molar-refractivity contribution is -0.684. The summed E-state index contributed by atoms with van der Waals surface area (Å²) in [5.41, 5.74) is 2.01. The number of amides is 1. The quantitative estimate of drug-likeness (QED) is 0.581. The van der Waals surface area contributed by atoms with E-state index in [1.165, 1.54) is 0 Å². The first-order chi connectivity index (χ1) is 11.7. The number of para-hydroxylation sites is 1. The fourth-order valence-corrected chi connectivity index (χ4v) is 2.36. The van der Waals surface area contributed by atoms with Gasteiger partial charge in [-0.25, -0.2) is 0 Å². The van der Waals surface area contributed by atoms with Crippen LogP contribution in [-0.2, 0) is 11.3 Å². The van der Waals surface area contributed by atoms with Gasteiger partial charge in [0.25, 0.3) is 5.91 Å². The predicted molar refractivity (Wildman–Crippen MR) is 91.6 cm³/mol. The number of nitrogens with one attached hydrogen (secondary N) is 1. The van der Waals surface area contributed by atoms with Crippen LogP contribution in [0, 0.1) is 0 Å². The highest BCUT2D eigenvalue weighted by Gasteiger charge is 2.13. The molecule has 118 valence electrons. The monoisotopic (exact) mass is 317 g/mol. The van der Waals surface area contributed by atoms with Crippen molar-refractivity contribution in [2.75, 3.05) is 5.32 Å². The minimum absolute atomic E-state index is 0.0310. The molecule has 0 aliphatic carbocycles. The van der Waals surface area contributed by atoms with Crippen molar-refractivity contribution in [3.63, 3.8) is 0 Å². The standard InChI is InChI=1S/C20H16N2O2/c23-19(21-18-9-5-2-6-10-18)15-22-13-11-17(12-14-22)20(24)16-7-3-1-4-8-16/h1-14H,15H2/p+1. The first kappa shape index (κ1) is 15.6. The molecule has 1 heterocycles. The predicted octanol–water partition coefficient (Wildman–Crippen LogP) is 2.84. The molecule has 0 unspecified atom stereocenters. The Balaban J connectivity index is 1.64. The lowest BCUT2D eigenvalue weighted by atomic mass is 10.0. The molecule has 24 heavy (non-hydrogen) atoms. The topological polar surface area (TPSA) is 50.0 Å². The van der Waals surface area contributed by atoms with E-state index < -0.39 is 0 Å². The Labute approximate surface area is 140 Å². The number of rotatable bonds is 5. The first-order valence-electron chi connectivity index (χ1n) is 7.66. The zero-order chi connectivity index (χ0) is 16.8. The zero-order valence-corrected chi connectivity index (χ0v) is 13.1. The lowest BCUT2D eigenvalue weighted by Gasteiger charge is -2.03. The molecule has 3 aromatic rings. The Hall–Kier alpha value is -3.27. The van der Waals surface area contributed by atoms with Gasteiger partial charge < -0.3 is 5.32 Å². The minimum atomic E-state index is -0.117. The van der Waals surface area contributed by atoms with Crippen molar-refractivity contribution >= 4 is 17.4 Å². The molecule has 0 bridgehead atoms. The molecule has 0 radical (unpaired) electrons. The summed E-state index contributed by atoms with van der Waals surface area (Å²) in [5, 5.41) is 2.83. The van der Waals surface area contributed by atoms with Gasteiger partial charge in [0.15, 0.2) is 18.2 Å². The molecule has 4 heteroatoms. The average Bonchev–Trinajstić information content (AvgIpc) is 2.63. The Kier molecular flexibility index (Phi) is 4.77. The largest absolute Gasteiger partial charge is 0.321 e. The van der Waals surface area contributed by atoms with Crippen LogP contribution in [-0.4, -0.2) is 11.7 Å². The van der Waals surface area contributed by atoms with Crippen molar-refractivity contribution in [2.24, 2.45) is 0 Å². The second kappa shape index (κ2) is 7.33. The summed E-state index contributed by atoms with van der Waals surface area (Å²) in [6.45, 7) is 0.189. The van der Waals surface area contributed by atoms with Crippen LogP contribution < -0.4 is 9.88 Å². The Morgan fingerprint density at radius 2 is 1.29 bits per heavy atom. The second-order valence-electron chi connectivity index (χ2n) is 5.37. The summed E-state index contributed by atoms with van der Waals surface area (Å²) in [5.74, 6) is -0.148. The van der Waals surface area contributed by atoms with E-state index in [1.807, 2.05) is 48.5 Å². The summed E-state index contributed by atoms with van der Waals surface area (Å²) < 4.78 is 1.74. The van der Waals surface area contributed by atoms with Crippen molar-refractivity contribution in [3.8, 4) is 0 Å². The van der Waals surface area contributed by atoms with E-state index in [4.69, 9.17) is 0 Å². The van der Waals surface area contributed by atoms with Crippen LogP contribution in [0.15, 0.2) is 85.2 Å². The Morgan fingerprint density at radius 3 is 1.92 bits per heavy atom. The molecule has 0 saturated carbocycles. The molecule has 1 aromatic heterocycles.